The Morgan fingerprint density at radius 1 is 1.53 bits per heavy atom. The minimum atomic E-state index is -0.286. The van der Waals surface area contributed by atoms with E-state index >= 15 is 0 Å². The third kappa shape index (κ3) is 3.13. The van der Waals surface area contributed by atoms with Gasteiger partial charge in [-0.3, -0.25) is 4.79 Å². The SMILES string of the molecule is CC[C@H](Br)C(=O)Nc1ccc(O)cc1O. The van der Waals surface area contributed by atoms with Gasteiger partial charge in [0, 0.05) is 6.07 Å². The molecule has 0 heterocycles. The maximum atomic E-state index is 11.4. The molecule has 0 fully saturated rings. The highest BCUT2D eigenvalue weighted by atomic mass is 79.9. The molecule has 4 nitrogen and oxygen atoms in total. The van der Waals surface area contributed by atoms with Gasteiger partial charge in [0.15, 0.2) is 0 Å². The van der Waals surface area contributed by atoms with E-state index in [2.05, 4.69) is 21.2 Å². The standard InChI is InChI=1S/C10H12BrNO3/c1-2-7(11)10(15)12-8-4-3-6(13)5-9(8)14/h3-5,7,13-14H,2H2,1H3,(H,12,15)/t7-/m0/s1. The summed E-state index contributed by atoms with van der Waals surface area (Å²) in [6.07, 6.45) is 0.657. The van der Waals surface area contributed by atoms with E-state index in [1.165, 1.54) is 18.2 Å². The van der Waals surface area contributed by atoms with Crippen molar-refractivity contribution in [3.63, 3.8) is 0 Å². The lowest BCUT2D eigenvalue weighted by atomic mass is 10.2. The first-order valence-corrected chi connectivity index (χ1v) is 5.43. The van der Waals surface area contributed by atoms with Crippen molar-refractivity contribution < 1.29 is 15.0 Å². The number of carbonyl (C=O) groups excluding carboxylic acids is 1. The minimum absolute atomic E-state index is 0.0450. The molecule has 5 heteroatoms. The van der Waals surface area contributed by atoms with E-state index < -0.39 is 0 Å². The van der Waals surface area contributed by atoms with Gasteiger partial charge < -0.3 is 15.5 Å². The summed E-state index contributed by atoms with van der Waals surface area (Å²) in [7, 11) is 0. The number of aromatic hydroxyl groups is 2. The number of phenols is 2. The van der Waals surface area contributed by atoms with E-state index in [1.807, 2.05) is 6.92 Å². The Balaban J connectivity index is 2.77. The molecule has 1 atom stereocenters. The van der Waals surface area contributed by atoms with E-state index in [-0.39, 0.29) is 27.9 Å². The van der Waals surface area contributed by atoms with E-state index in [0.717, 1.165) is 0 Å². The van der Waals surface area contributed by atoms with E-state index in [0.29, 0.717) is 6.42 Å². The average Bonchev–Trinajstić information content (AvgIpc) is 2.20. The lowest BCUT2D eigenvalue weighted by Crippen LogP contribution is -2.21. The predicted molar refractivity (Wildman–Crippen MR) is 61.4 cm³/mol. The number of amides is 1. The highest BCUT2D eigenvalue weighted by molar-refractivity contribution is 9.10. The smallest absolute Gasteiger partial charge is 0.238 e. The number of rotatable bonds is 3. The second-order valence-corrected chi connectivity index (χ2v) is 4.17. The van der Waals surface area contributed by atoms with Gasteiger partial charge in [0.1, 0.15) is 11.5 Å². The van der Waals surface area contributed by atoms with Crippen LogP contribution in [-0.4, -0.2) is 20.9 Å². The van der Waals surface area contributed by atoms with Gasteiger partial charge in [-0.15, -0.1) is 0 Å². The summed E-state index contributed by atoms with van der Waals surface area (Å²) >= 11 is 3.20. The summed E-state index contributed by atoms with van der Waals surface area (Å²) in [4.78, 5) is 11.2. The lowest BCUT2D eigenvalue weighted by molar-refractivity contribution is -0.115. The number of nitrogens with one attached hydrogen (secondary N) is 1. The van der Waals surface area contributed by atoms with Gasteiger partial charge in [0.25, 0.3) is 0 Å². The first-order chi connectivity index (χ1) is 7.04. The van der Waals surface area contributed by atoms with Crippen LogP contribution >= 0.6 is 15.9 Å². The van der Waals surface area contributed by atoms with Crippen LogP contribution in [0.25, 0.3) is 0 Å². The molecular formula is C10H12BrNO3. The van der Waals surface area contributed by atoms with Crippen LogP contribution in [0.4, 0.5) is 5.69 Å². The van der Waals surface area contributed by atoms with Crippen molar-refractivity contribution in [3.05, 3.63) is 18.2 Å². The third-order valence-electron chi connectivity index (χ3n) is 1.88. The molecule has 0 saturated heterocycles. The number of halogens is 1. The zero-order valence-corrected chi connectivity index (χ0v) is 9.78. The zero-order valence-electron chi connectivity index (χ0n) is 8.20. The van der Waals surface area contributed by atoms with E-state index in [1.54, 1.807) is 0 Å². The molecule has 0 saturated carbocycles. The Bertz CT molecular complexity index is 368. The summed E-state index contributed by atoms with van der Waals surface area (Å²) in [5.74, 6) is -0.422. The molecule has 82 valence electrons. The van der Waals surface area contributed by atoms with Crippen molar-refractivity contribution in [2.45, 2.75) is 18.2 Å². The molecule has 0 aromatic heterocycles. The Labute approximate surface area is 96.1 Å². The number of carbonyl (C=O) groups is 1. The highest BCUT2D eigenvalue weighted by Gasteiger charge is 2.13. The molecule has 3 N–H and O–H groups in total. The maximum absolute atomic E-state index is 11.4. The van der Waals surface area contributed by atoms with Crippen LogP contribution in [0.1, 0.15) is 13.3 Å². The summed E-state index contributed by atoms with van der Waals surface area (Å²) in [5.41, 5.74) is 0.288. The quantitative estimate of drug-likeness (QED) is 0.449. The monoisotopic (exact) mass is 273 g/mol. The average molecular weight is 274 g/mol. The largest absolute Gasteiger partial charge is 0.508 e. The zero-order chi connectivity index (χ0) is 11.4. The number of benzene rings is 1. The maximum Gasteiger partial charge on any atom is 0.238 e. The van der Waals surface area contributed by atoms with Gasteiger partial charge >= 0.3 is 0 Å². The number of phenolic OH excluding ortho intramolecular Hbond substituents is 2. The molecule has 0 aliphatic rings. The topological polar surface area (TPSA) is 69.6 Å². The molecule has 0 spiro atoms. The molecule has 1 aromatic rings. The number of alkyl halides is 1. The number of hydrogen-bond donors (Lipinski definition) is 3. The Morgan fingerprint density at radius 2 is 2.20 bits per heavy atom. The molecular weight excluding hydrogens is 262 g/mol. The van der Waals surface area contributed by atoms with Crippen molar-refractivity contribution >= 4 is 27.5 Å². The van der Waals surface area contributed by atoms with E-state index in [9.17, 15) is 9.90 Å². The molecule has 0 radical (unpaired) electrons. The fourth-order valence-electron chi connectivity index (χ4n) is 1.02. The van der Waals surface area contributed by atoms with Crippen LogP contribution < -0.4 is 5.32 Å². The first kappa shape index (κ1) is 11.8. The van der Waals surface area contributed by atoms with Crippen molar-refractivity contribution in [3.8, 4) is 11.5 Å². The summed E-state index contributed by atoms with van der Waals surface area (Å²) in [6.45, 7) is 1.87. The molecule has 15 heavy (non-hydrogen) atoms. The van der Waals surface area contributed by atoms with Crippen molar-refractivity contribution in [2.24, 2.45) is 0 Å². The van der Waals surface area contributed by atoms with Crippen LogP contribution in [-0.2, 0) is 4.79 Å². The summed E-state index contributed by atoms with van der Waals surface area (Å²) in [6, 6.07) is 4.01. The summed E-state index contributed by atoms with van der Waals surface area (Å²) < 4.78 is 0. The molecule has 1 amide bonds. The van der Waals surface area contributed by atoms with Gasteiger partial charge in [-0.2, -0.15) is 0 Å². The third-order valence-corrected chi connectivity index (χ3v) is 2.95. The first-order valence-electron chi connectivity index (χ1n) is 4.51. The number of hydrogen-bond acceptors (Lipinski definition) is 3. The Hall–Kier alpha value is -1.23. The normalized spacial score (nSPS) is 12.1. The van der Waals surface area contributed by atoms with Crippen molar-refractivity contribution in [1.29, 1.82) is 0 Å². The fraction of sp³-hybridized carbons (Fsp3) is 0.300. The van der Waals surface area contributed by atoms with Gasteiger partial charge in [0.05, 0.1) is 10.5 Å². The van der Waals surface area contributed by atoms with Crippen LogP contribution in [0.3, 0.4) is 0 Å². The summed E-state index contributed by atoms with van der Waals surface area (Å²) in [5, 5.41) is 21.0. The predicted octanol–water partition coefficient (Wildman–Crippen LogP) is 2.21. The molecule has 1 aromatic carbocycles. The molecule has 0 aliphatic carbocycles. The van der Waals surface area contributed by atoms with Gasteiger partial charge in [-0.1, -0.05) is 22.9 Å². The molecule has 0 unspecified atom stereocenters. The second kappa shape index (κ2) is 5.02. The van der Waals surface area contributed by atoms with Crippen molar-refractivity contribution in [2.75, 3.05) is 5.32 Å². The van der Waals surface area contributed by atoms with Crippen LogP contribution in [0, 0.1) is 0 Å². The Morgan fingerprint density at radius 3 is 2.73 bits per heavy atom. The molecule has 0 aliphatic heterocycles. The minimum Gasteiger partial charge on any atom is -0.508 e. The van der Waals surface area contributed by atoms with Crippen LogP contribution in [0.2, 0.25) is 0 Å². The lowest BCUT2D eigenvalue weighted by Gasteiger charge is -2.10. The van der Waals surface area contributed by atoms with Crippen molar-refractivity contribution in [1.82, 2.24) is 0 Å². The molecule has 1 rings (SSSR count). The van der Waals surface area contributed by atoms with Crippen LogP contribution in [0.15, 0.2) is 18.2 Å². The van der Waals surface area contributed by atoms with Gasteiger partial charge in [-0.25, -0.2) is 0 Å². The van der Waals surface area contributed by atoms with E-state index in [4.69, 9.17) is 5.11 Å². The highest BCUT2D eigenvalue weighted by Crippen LogP contribution is 2.27. The molecule has 0 bridgehead atoms. The fourth-order valence-corrected chi connectivity index (χ4v) is 1.14. The van der Waals surface area contributed by atoms with Gasteiger partial charge in [0.2, 0.25) is 5.91 Å². The second-order valence-electron chi connectivity index (χ2n) is 3.07. The van der Waals surface area contributed by atoms with Crippen LogP contribution in [0.5, 0.6) is 11.5 Å². The van der Waals surface area contributed by atoms with Gasteiger partial charge in [-0.05, 0) is 18.6 Å². The Kier molecular flexibility index (Phi) is 3.96. The number of anilines is 1.